The van der Waals surface area contributed by atoms with Gasteiger partial charge in [0.2, 0.25) is 4.96 Å². The van der Waals surface area contributed by atoms with Crippen LogP contribution < -0.4 is 5.56 Å². The van der Waals surface area contributed by atoms with Crippen molar-refractivity contribution in [3.8, 4) is 0 Å². The van der Waals surface area contributed by atoms with Crippen molar-refractivity contribution in [3.63, 3.8) is 0 Å². The first-order valence-electron chi connectivity index (χ1n) is 4.72. The summed E-state index contributed by atoms with van der Waals surface area (Å²) in [6.07, 6.45) is 0. The summed E-state index contributed by atoms with van der Waals surface area (Å²) in [6.45, 7) is 4.16. The highest BCUT2D eigenvalue weighted by Gasteiger charge is 2.10. The maximum atomic E-state index is 11.7. The Morgan fingerprint density at radius 3 is 3.00 bits per heavy atom. The molecule has 0 aliphatic heterocycles. The maximum absolute atomic E-state index is 11.7. The molecule has 0 atom stereocenters. The molecule has 0 amide bonds. The van der Waals surface area contributed by atoms with E-state index in [1.54, 1.807) is 11.8 Å². The molecule has 86 valence electrons. The number of halogens is 1. The molecule has 0 saturated heterocycles. The first kappa shape index (κ1) is 11.9. The molecule has 0 fully saturated rings. The molecule has 0 radical (unpaired) electrons. The molecule has 16 heavy (non-hydrogen) atoms. The molecule has 0 aliphatic rings. The van der Waals surface area contributed by atoms with Crippen molar-refractivity contribution < 1.29 is 0 Å². The van der Waals surface area contributed by atoms with Gasteiger partial charge in [0.1, 0.15) is 0 Å². The second-order valence-electron chi connectivity index (χ2n) is 3.45. The van der Waals surface area contributed by atoms with E-state index in [0.717, 1.165) is 4.34 Å². The van der Waals surface area contributed by atoms with Gasteiger partial charge in [0.05, 0.1) is 11.6 Å². The topological polar surface area (TPSA) is 47.3 Å². The van der Waals surface area contributed by atoms with Crippen molar-refractivity contribution in [2.75, 3.05) is 0 Å². The van der Waals surface area contributed by atoms with E-state index in [1.165, 1.54) is 21.9 Å². The number of hydrogen-bond donors (Lipinski definition) is 0. The number of thioether (sulfide) groups is 1. The normalized spacial score (nSPS) is 11.5. The summed E-state index contributed by atoms with van der Waals surface area (Å²) in [7, 11) is 0. The second kappa shape index (κ2) is 4.73. The van der Waals surface area contributed by atoms with Gasteiger partial charge in [-0.05, 0) is 0 Å². The minimum atomic E-state index is -0.174. The monoisotopic (exact) mass is 275 g/mol. The van der Waals surface area contributed by atoms with E-state index < -0.39 is 0 Å². The number of alkyl halides is 1. The Morgan fingerprint density at radius 1 is 1.62 bits per heavy atom. The average Bonchev–Trinajstić information content (AvgIpc) is 2.59. The first-order valence-corrected chi connectivity index (χ1v) is 6.95. The molecule has 0 bridgehead atoms. The molecule has 0 unspecified atom stereocenters. The lowest BCUT2D eigenvalue weighted by Crippen LogP contribution is -2.14. The zero-order valence-electron chi connectivity index (χ0n) is 8.81. The molecule has 0 N–H and O–H groups in total. The first-order chi connectivity index (χ1) is 7.60. The lowest BCUT2D eigenvalue weighted by atomic mass is 10.5. The summed E-state index contributed by atoms with van der Waals surface area (Å²) in [5.74, 6) is 0.246. The molecule has 0 aliphatic carbocycles. The predicted octanol–water partition coefficient (Wildman–Crippen LogP) is 2.39. The smallest absolute Gasteiger partial charge is 0.267 e. The van der Waals surface area contributed by atoms with E-state index in [2.05, 4.69) is 23.9 Å². The highest BCUT2D eigenvalue weighted by molar-refractivity contribution is 8.01. The van der Waals surface area contributed by atoms with Gasteiger partial charge in [-0.1, -0.05) is 36.9 Å². The lowest BCUT2D eigenvalue weighted by molar-refractivity contribution is 0.848. The third-order valence-electron chi connectivity index (χ3n) is 1.75. The van der Waals surface area contributed by atoms with Crippen molar-refractivity contribution in [2.45, 2.75) is 29.3 Å². The van der Waals surface area contributed by atoms with Crippen LogP contribution in [0, 0.1) is 0 Å². The minimum Gasteiger partial charge on any atom is -0.267 e. The fourth-order valence-electron chi connectivity index (χ4n) is 1.16. The zero-order chi connectivity index (χ0) is 11.7. The Labute approximate surface area is 106 Å². The third kappa shape index (κ3) is 2.39. The van der Waals surface area contributed by atoms with Crippen LogP contribution in [0.4, 0.5) is 0 Å². The lowest BCUT2D eigenvalue weighted by Gasteiger charge is -1.96. The molecule has 0 aromatic carbocycles. The van der Waals surface area contributed by atoms with Crippen LogP contribution in [0.2, 0.25) is 0 Å². The third-order valence-corrected chi connectivity index (χ3v) is 4.02. The summed E-state index contributed by atoms with van der Waals surface area (Å²) in [4.78, 5) is 16.5. The van der Waals surface area contributed by atoms with Crippen LogP contribution in [-0.4, -0.2) is 19.8 Å². The van der Waals surface area contributed by atoms with Crippen molar-refractivity contribution >= 4 is 39.7 Å². The molecular weight excluding hydrogens is 266 g/mol. The van der Waals surface area contributed by atoms with E-state index in [4.69, 9.17) is 11.6 Å². The molecule has 4 nitrogen and oxygen atoms in total. The van der Waals surface area contributed by atoms with Gasteiger partial charge in [-0.25, -0.2) is 4.98 Å². The van der Waals surface area contributed by atoms with E-state index in [1.807, 2.05) is 0 Å². The summed E-state index contributed by atoms with van der Waals surface area (Å²) < 4.78 is 2.18. The number of nitrogens with zero attached hydrogens (tertiary/aromatic N) is 3. The fraction of sp³-hybridized carbons (Fsp3) is 0.444. The van der Waals surface area contributed by atoms with Crippen LogP contribution in [0.25, 0.3) is 4.96 Å². The molecule has 7 heteroatoms. The molecular formula is C9H10ClN3OS2. The number of fused-ring (bicyclic) bond motifs is 1. The van der Waals surface area contributed by atoms with Gasteiger partial charge in [0, 0.05) is 11.3 Å². The van der Waals surface area contributed by atoms with Crippen molar-refractivity contribution in [1.82, 2.24) is 14.6 Å². The highest BCUT2D eigenvalue weighted by atomic mass is 35.5. The second-order valence-corrected chi connectivity index (χ2v) is 6.50. The standard InChI is InChI=1S/C9H10ClN3OS2/c1-5(2)15-9-12-13-7(14)3-6(4-10)11-8(13)16-9/h3,5H,4H2,1-2H3. The maximum Gasteiger partial charge on any atom is 0.275 e. The highest BCUT2D eigenvalue weighted by Crippen LogP contribution is 2.26. The van der Waals surface area contributed by atoms with Crippen LogP contribution in [0.3, 0.4) is 0 Å². The fourth-order valence-corrected chi connectivity index (χ4v) is 3.48. The van der Waals surface area contributed by atoms with E-state index in [0.29, 0.717) is 15.9 Å². The van der Waals surface area contributed by atoms with Crippen LogP contribution in [0.15, 0.2) is 15.2 Å². The minimum absolute atomic E-state index is 0.174. The Kier molecular flexibility index (Phi) is 3.51. The molecule has 2 heterocycles. The van der Waals surface area contributed by atoms with Crippen molar-refractivity contribution in [1.29, 1.82) is 0 Å². The van der Waals surface area contributed by atoms with Gasteiger partial charge >= 0.3 is 0 Å². The van der Waals surface area contributed by atoms with Crippen molar-refractivity contribution in [2.24, 2.45) is 0 Å². The molecule has 0 spiro atoms. The van der Waals surface area contributed by atoms with Crippen LogP contribution >= 0.6 is 34.7 Å². The largest absolute Gasteiger partial charge is 0.275 e. The van der Waals surface area contributed by atoms with Gasteiger partial charge in [0.15, 0.2) is 4.34 Å². The predicted molar refractivity (Wildman–Crippen MR) is 67.7 cm³/mol. The van der Waals surface area contributed by atoms with Gasteiger partial charge in [-0.2, -0.15) is 4.52 Å². The summed E-state index contributed by atoms with van der Waals surface area (Å²) in [5, 5.41) is 4.64. The Bertz CT molecular complexity index is 563. The number of aromatic nitrogens is 3. The molecule has 2 rings (SSSR count). The quantitative estimate of drug-likeness (QED) is 0.637. The van der Waals surface area contributed by atoms with Gasteiger partial charge < -0.3 is 0 Å². The summed E-state index contributed by atoms with van der Waals surface area (Å²) >= 11 is 8.69. The SMILES string of the molecule is CC(C)Sc1nn2c(=O)cc(CCl)nc2s1. The Balaban J connectivity index is 2.52. The van der Waals surface area contributed by atoms with E-state index in [9.17, 15) is 4.79 Å². The van der Waals surface area contributed by atoms with E-state index >= 15 is 0 Å². The van der Waals surface area contributed by atoms with Crippen LogP contribution in [-0.2, 0) is 5.88 Å². The Morgan fingerprint density at radius 2 is 2.38 bits per heavy atom. The molecule has 0 saturated carbocycles. The van der Waals surface area contributed by atoms with Crippen LogP contribution in [0.5, 0.6) is 0 Å². The summed E-state index contributed by atoms with van der Waals surface area (Å²) in [6, 6.07) is 1.42. The zero-order valence-corrected chi connectivity index (χ0v) is 11.2. The number of hydrogen-bond acceptors (Lipinski definition) is 5. The molecule has 2 aromatic heterocycles. The average molecular weight is 276 g/mol. The molecule has 2 aromatic rings. The van der Waals surface area contributed by atoms with E-state index in [-0.39, 0.29) is 11.4 Å². The number of rotatable bonds is 3. The van der Waals surface area contributed by atoms with Gasteiger partial charge in [-0.3, -0.25) is 4.79 Å². The van der Waals surface area contributed by atoms with Crippen molar-refractivity contribution in [3.05, 3.63) is 22.1 Å². The van der Waals surface area contributed by atoms with Crippen LogP contribution in [0.1, 0.15) is 19.5 Å². The Hall–Kier alpha value is -0.590. The summed E-state index contributed by atoms with van der Waals surface area (Å²) in [5.41, 5.74) is 0.420. The van der Waals surface area contributed by atoms with Gasteiger partial charge in [-0.15, -0.1) is 16.7 Å². The van der Waals surface area contributed by atoms with Gasteiger partial charge in [0.25, 0.3) is 5.56 Å².